The third kappa shape index (κ3) is 19.6. The molecule has 0 bridgehead atoms. The summed E-state index contributed by atoms with van der Waals surface area (Å²) in [5.41, 5.74) is -2.15. The lowest BCUT2D eigenvalue weighted by Crippen LogP contribution is -2.59. The molecule has 12 aromatic rings. The number of aromatic hydroxyl groups is 4. The van der Waals surface area contributed by atoms with Gasteiger partial charge in [-0.25, -0.2) is 69.4 Å². The molecular weight excluding hydrogens is 1840 g/mol. The number of hydrogen-bond donors (Lipinski definition) is 4. The highest BCUT2D eigenvalue weighted by atomic mass is 35.5. The molecule has 7 aliphatic rings. The summed E-state index contributed by atoms with van der Waals surface area (Å²) in [6.07, 6.45) is 20.7. The van der Waals surface area contributed by atoms with Gasteiger partial charge in [0.1, 0.15) is 99.0 Å². The number of carbonyl (C=O) groups is 4. The Morgan fingerprint density at radius 1 is 0.348 bits per heavy atom. The van der Waals surface area contributed by atoms with E-state index in [-0.39, 0.29) is 110 Å². The first-order valence-corrected chi connectivity index (χ1v) is 45.0. The number of likely N-dealkylation sites (tertiary alicyclic amines) is 3. The van der Waals surface area contributed by atoms with Gasteiger partial charge in [-0.2, -0.15) is 0 Å². The van der Waals surface area contributed by atoms with E-state index < -0.39 is 86.5 Å². The number of aromatic nitrogens is 7. The van der Waals surface area contributed by atoms with Crippen LogP contribution < -0.4 is 19.6 Å². The molecule has 8 aromatic carbocycles. The molecule has 0 saturated carbocycles. The van der Waals surface area contributed by atoms with Crippen molar-refractivity contribution in [1.29, 1.82) is 0 Å². The van der Waals surface area contributed by atoms with Gasteiger partial charge in [0.25, 0.3) is 0 Å². The fourth-order valence-electron chi connectivity index (χ4n) is 18.1. The van der Waals surface area contributed by atoms with E-state index in [1.54, 1.807) is 37.8 Å². The van der Waals surface area contributed by atoms with Crippen LogP contribution in [0.15, 0.2) is 172 Å². The van der Waals surface area contributed by atoms with Gasteiger partial charge in [0.15, 0.2) is 34.9 Å². The topological polar surface area (TPSA) is 272 Å². The van der Waals surface area contributed by atoms with Gasteiger partial charge in [-0.1, -0.05) is 96.3 Å². The molecule has 4 amide bonds. The van der Waals surface area contributed by atoms with Gasteiger partial charge in [0.05, 0.1) is 42.3 Å². The second-order valence-corrected chi connectivity index (χ2v) is 35.0. The number of amides is 4. The zero-order valence-electron chi connectivity index (χ0n) is 72.5. The lowest BCUT2D eigenvalue weighted by molar-refractivity contribution is -0.136. The Bertz CT molecular complexity index is 6650. The standard InChI is InChI=1S/C27H28ClF2N5O2.C25H24ClF2N5O2.C24H20ClF2N3O2.C21H16ClF3N4O2/c28-19-16-18-26(25(30)23(19)24-20(29)6-4-7-21(24)36)31-17-32-27(18)35-14-12-34(13-15-35)22(37)8-5-11-33-9-2-1-3-10-33;26-17-14-16-24(23(28)21(17)22-18(27)4-1-5-19(22)34)29-15-30-25(16)33-12-10-32(11-13-33)20(35)6-2-7-31-8-3-9-31;1-2-19(32)30-12-24(13-30)7-9-29(11-24)17-6-8-28-23-14(17)10-15(25)20(22(23)27)21-16(26)4-3-5-18(21)31;1-2-15(31)28-5-7-29(8-6-28)21-11-9-12(22)16(19(25)20(11)26-10-27-21)17-14(30)4-3-13(23)18(17)24/h4-8,16-17,36H,1-3,9-15H2;1-2,4-6,14-15,34H,3,7-13H2;2-6,8,10,31H,1,7,9,11-13H2;2-4,9-10,30H,1,5-8H2/b8-5+;6-2+;;. The minimum Gasteiger partial charge on any atom is -0.507 e. The summed E-state index contributed by atoms with van der Waals surface area (Å²) >= 11 is 25.5. The third-order valence-corrected chi connectivity index (χ3v) is 26.4. The highest BCUT2D eigenvalue weighted by molar-refractivity contribution is 6.36. The number of hydrogen-bond acceptors (Lipinski definition) is 21. The third-order valence-electron chi connectivity index (χ3n) is 25.2. The number of halogens is 13. The van der Waals surface area contributed by atoms with Crippen molar-refractivity contribution in [3.05, 3.63) is 244 Å². The maximum atomic E-state index is 15.6. The van der Waals surface area contributed by atoms with Crippen molar-refractivity contribution in [3.63, 3.8) is 0 Å². The quantitative estimate of drug-likeness (QED) is 0.0517. The molecule has 1 spiro atoms. The van der Waals surface area contributed by atoms with E-state index in [1.165, 1.54) is 111 Å². The Balaban J connectivity index is 0.000000131. The molecule has 0 aliphatic carbocycles. The predicted octanol–water partition coefficient (Wildman–Crippen LogP) is 17.1. The van der Waals surface area contributed by atoms with E-state index in [2.05, 4.69) is 62.7 Å². The second kappa shape index (κ2) is 41.0. The van der Waals surface area contributed by atoms with Crippen LogP contribution >= 0.6 is 46.4 Å². The Hall–Kier alpha value is -13.1. The van der Waals surface area contributed by atoms with Gasteiger partial charge in [-0.05, 0) is 143 Å². The van der Waals surface area contributed by atoms with Crippen LogP contribution in [-0.4, -0.2) is 252 Å². The van der Waals surface area contributed by atoms with E-state index in [1.807, 2.05) is 32.9 Å². The molecule has 0 atom stereocenters. The smallest absolute Gasteiger partial charge is 0.246 e. The van der Waals surface area contributed by atoms with Crippen LogP contribution in [0.2, 0.25) is 20.1 Å². The van der Waals surface area contributed by atoms with Crippen LogP contribution in [0.25, 0.3) is 88.1 Å². The summed E-state index contributed by atoms with van der Waals surface area (Å²) < 4.78 is 134. The minimum absolute atomic E-state index is 0.00930. The van der Waals surface area contributed by atoms with Crippen molar-refractivity contribution < 1.29 is 79.1 Å². The van der Waals surface area contributed by atoms with E-state index in [4.69, 9.17) is 46.4 Å². The fourth-order valence-corrected chi connectivity index (χ4v) is 19.2. The van der Waals surface area contributed by atoms with E-state index in [0.717, 1.165) is 101 Å². The Morgan fingerprint density at radius 3 is 1.08 bits per heavy atom. The second-order valence-electron chi connectivity index (χ2n) is 33.4. The number of piperidine rings is 1. The lowest BCUT2D eigenvalue weighted by atomic mass is 9.79. The van der Waals surface area contributed by atoms with Crippen LogP contribution in [0.1, 0.15) is 32.1 Å². The summed E-state index contributed by atoms with van der Waals surface area (Å²) in [5, 5.41) is 41.7. The number of pyridine rings is 1. The number of rotatable bonds is 16. The first kappa shape index (κ1) is 95.1. The van der Waals surface area contributed by atoms with Crippen molar-refractivity contribution in [2.24, 2.45) is 5.41 Å². The molecule has 4 N–H and O–H groups in total. The molecule has 135 heavy (non-hydrogen) atoms. The van der Waals surface area contributed by atoms with E-state index in [9.17, 15) is 61.6 Å². The van der Waals surface area contributed by atoms with E-state index in [0.29, 0.717) is 125 Å². The molecule has 4 aromatic heterocycles. The normalized spacial score (nSPS) is 16.4. The number of phenolic OH excluding ortho intramolecular Hbond substituents is 4. The van der Waals surface area contributed by atoms with Crippen LogP contribution in [0.5, 0.6) is 23.0 Å². The monoisotopic (exact) mass is 1930 g/mol. The molecule has 0 radical (unpaired) electrons. The van der Waals surface area contributed by atoms with Crippen molar-refractivity contribution in [2.75, 3.05) is 164 Å². The number of anilines is 4. The molecule has 7 fully saturated rings. The highest BCUT2D eigenvalue weighted by Gasteiger charge is 2.49. The lowest BCUT2D eigenvalue weighted by Gasteiger charge is -2.47. The largest absolute Gasteiger partial charge is 0.507 e. The molecule has 0 unspecified atom stereocenters. The Kier molecular flexibility index (Phi) is 28.9. The average Bonchev–Trinajstić information content (AvgIpc) is 1.68. The molecule has 7 saturated heterocycles. The van der Waals surface area contributed by atoms with Gasteiger partial charge in [0.2, 0.25) is 23.6 Å². The van der Waals surface area contributed by atoms with Gasteiger partial charge < -0.3 is 59.6 Å². The van der Waals surface area contributed by atoms with Gasteiger partial charge in [0, 0.05) is 191 Å². The number of carbonyl (C=O) groups excluding carboxylic acids is 4. The molecule has 19 rings (SSSR count). The van der Waals surface area contributed by atoms with Crippen LogP contribution in [0, 0.1) is 57.8 Å². The zero-order valence-corrected chi connectivity index (χ0v) is 75.5. The predicted molar refractivity (Wildman–Crippen MR) is 501 cm³/mol. The summed E-state index contributed by atoms with van der Waals surface area (Å²) in [5.74, 6) is -9.30. The summed E-state index contributed by atoms with van der Waals surface area (Å²) in [7, 11) is 0. The van der Waals surface area contributed by atoms with Gasteiger partial charge in [-0.15, -0.1) is 0 Å². The average molecular weight is 1930 g/mol. The SMILES string of the molecule is C=CC(=O)N1CC2(CCN(c3ccnc4c(F)c(-c5c(O)cccc5F)c(Cl)cc34)C2)C1.C=CC(=O)N1CCN(c2ncnc3c(F)c(-c4c(O)ccc(F)c4F)c(Cl)cc23)CC1.O=C(/C=C/CN1CCC1)N1CCN(c2ncnc3c(F)c(-c4c(O)cccc4F)c(Cl)cc23)CC1.O=C(/C=C/CN1CCCCC1)N1CCN(c2ncnc3c(F)c(-c4c(O)cccc4F)c(Cl)cc23)CC1. The van der Waals surface area contributed by atoms with E-state index >= 15 is 17.6 Å². The van der Waals surface area contributed by atoms with Crippen molar-refractivity contribution in [3.8, 4) is 67.5 Å². The molecule has 700 valence electrons. The van der Waals surface area contributed by atoms with Crippen molar-refractivity contribution in [1.82, 2.24) is 64.3 Å². The summed E-state index contributed by atoms with van der Waals surface area (Å²) in [6, 6.07) is 20.6. The number of piperazine rings is 3. The molecule has 7 aliphatic heterocycles. The van der Waals surface area contributed by atoms with Crippen LogP contribution in [-0.2, 0) is 19.2 Å². The number of benzene rings is 8. The van der Waals surface area contributed by atoms with Crippen LogP contribution in [0.3, 0.4) is 0 Å². The maximum Gasteiger partial charge on any atom is 0.246 e. The fraction of sp³-hybridized carbons (Fsp3) is 0.289. The molecule has 38 heteroatoms. The van der Waals surface area contributed by atoms with Gasteiger partial charge in [-0.3, -0.25) is 34.0 Å². The minimum atomic E-state index is -1.42. The molecule has 11 heterocycles. The number of phenols is 4. The first-order chi connectivity index (χ1) is 65.0. The first-order valence-electron chi connectivity index (χ1n) is 43.5. The number of nitrogens with zero attached hydrogens (tertiary/aromatic N) is 17. The number of fused-ring (bicyclic) bond motifs is 4. The Morgan fingerprint density at radius 2 is 0.704 bits per heavy atom. The zero-order chi connectivity index (χ0) is 95.4. The molecule has 25 nitrogen and oxygen atoms in total. The van der Waals surface area contributed by atoms with Crippen molar-refractivity contribution in [2.45, 2.75) is 32.1 Å². The summed E-state index contributed by atoms with van der Waals surface area (Å²) in [6.45, 7) is 21.5. The van der Waals surface area contributed by atoms with Crippen molar-refractivity contribution >= 4 is 137 Å². The maximum absolute atomic E-state index is 15.6. The highest BCUT2D eigenvalue weighted by Crippen LogP contribution is 2.50. The summed E-state index contributed by atoms with van der Waals surface area (Å²) in [4.78, 5) is 97.5. The molecular formula is C97H88Cl4F9N17O8. The van der Waals surface area contributed by atoms with Gasteiger partial charge >= 0.3 is 0 Å². The Labute approximate surface area is 788 Å². The van der Waals surface area contributed by atoms with Crippen LogP contribution in [0.4, 0.5) is 62.7 Å².